The van der Waals surface area contributed by atoms with Crippen LogP contribution in [0.1, 0.15) is 22.5 Å². The van der Waals surface area contributed by atoms with Gasteiger partial charge in [-0.2, -0.15) is 0 Å². The van der Waals surface area contributed by atoms with E-state index >= 15 is 0 Å². The first kappa shape index (κ1) is 20.1. The van der Waals surface area contributed by atoms with Crippen LogP contribution in [-0.4, -0.2) is 22.0 Å². The van der Waals surface area contributed by atoms with Crippen molar-refractivity contribution >= 4 is 22.5 Å². The lowest BCUT2D eigenvalue weighted by Gasteiger charge is -2.15. The zero-order valence-electron chi connectivity index (χ0n) is 16.7. The molecule has 0 radical (unpaired) electrons. The van der Waals surface area contributed by atoms with Gasteiger partial charge >= 0.3 is 0 Å². The molecule has 1 N–H and O–H groups in total. The first-order chi connectivity index (χ1) is 14.6. The Kier molecular flexibility index (Phi) is 5.83. The number of benzene rings is 2. The van der Waals surface area contributed by atoms with Gasteiger partial charge in [0.05, 0.1) is 19.2 Å². The fourth-order valence-corrected chi connectivity index (χ4v) is 3.54. The van der Waals surface area contributed by atoms with Gasteiger partial charge in [0.15, 0.2) is 0 Å². The lowest BCUT2D eigenvalue weighted by atomic mass is 10.1. The molecule has 2 aromatic carbocycles. The second-order valence-electron chi connectivity index (χ2n) is 6.98. The normalized spacial score (nSPS) is 11.2. The first-order valence-corrected chi connectivity index (χ1v) is 9.87. The van der Waals surface area contributed by atoms with Crippen LogP contribution in [0.25, 0.3) is 10.9 Å². The smallest absolute Gasteiger partial charge is 0.255 e. The van der Waals surface area contributed by atoms with Crippen LogP contribution < -0.4 is 15.6 Å². The Hall–Kier alpha value is -3.16. The Morgan fingerprint density at radius 3 is 2.67 bits per heavy atom. The van der Waals surface area contributed by atoms with E-state index in [0.717, 1.165) is 27.9 Å². The van der Waals surface area contributed by atoms with E-state index in [0.29, 0.717) is 36.0 Å². The molecule has 0 bridgehead atoms. The Bertz CT molecular complexity index is 1250. The number of aryl methyl sites for hydroxylation is 1. The van der Waals surface area contributed by atoms with Crippen LogP contribution in [0.5, 0.6) is 5.75 Å². The van der Waals surface area contributed by atoms with Crippen molar-refractivity contribution in [1.29, 1.82) is 0 Å². The highest BCUT2D eigenvalue weighted by Gasteiger charge is 2.13. The van der Waals surface area contributed by atoms with Gasteiger partial charge < -0.3 is 14.6 Å². The van der Waals surface area contributed by atoms with Crippen LogP contribution in [0, 0.1) is 6.92 Å². The van der Waals surface area contributed by atoms with Crippen molar-refractivity contribution in [1.82, 2.24) is 20.2 Å². The molecule has 0 unspecified atom stereocenters. The van der Waals surface area contributed by atoms with E-state index in [1.54, 1.807) is 11.7 Å². The predicted molar refractivity (Wildman–Crippen MR) is 115 cm³/mol. The molecule has 0 saturated heterocycles. The third-order valence-corrected chi connectivity index (χ3v) is 5.39. The van der Waals surface area contributed by atoms with Crippen molar-refractivity contribution in [3.63, 3.8) is 0 Å². The molecule has 30 heavy (non-hydrogen) atoms. The van der Waals surface area contributed by atoms with Gasteiger partial charge in [-0.05, 0) is 42.1 Å². The average molecular weight is 425 g/mol. The van der Waals surface area contributed by atoms with Gasteiger partial charge in [-0.15, -0.1) is 0 Å². The molecule has 0 aliphatic rings. The molecule has 4 rings (SSSR count). The Balaban J connectivity index is 1.72. The summed E-state index contributed by atoms with van der Waals surface area (Å²) in [7, 11) is 1.61. The second-order valence-corrected chi connectivity index (χ2v) is 7.38. The molecule has 7 nitrogen and oxygen atoms in total. The van der Waals surface area contributed by atoms with Gasteiger partial charge in [0, 0.05) is 29.7 Å². The minimum atomic E-state index is -0.0850. The van der Waals surface area contributed by atoms with Gasteiger partial charge in [-0.1, -0.05) is 40.1 Å². The van der Waals surface area contributed by atoms with E-state index in [1.807, 2.05) is 55.5 Å². The minimum Gasteiger partial charge on any atom is -0.497 e. The number of fused-ring (bicyclic) bond motifs is 1. The summed E-state index contributed by atoms with van der Waals surface area (Å²) < 4.78 is 11.8. The van der Waals surface area contributed by atoms with E-state index in [2.05, 4.69) is 15.6 Å². The van der Waals surface area contributed by atoms with Crippen molar-refractivity contribution in [3.8, 4) is 5.75 Å². The Morgan fingerprint density at radius 1 is 1.10 bits per heavy atom. The van der Waals surface area contributed by atoms with Crippen LogP contribution in [0.15, 0.2) is 58.0 Å². The fourth-order valence-electron chi connectivity index (χ4n) is 3.34. The molecule has 0 aliphatic carbocycles. The van der Waals surface area contributed by atoms with Gasteiger partial charge in [0.1, 0.15) is 17.1 Å². The van der Waals surface area contributed by atoms with E-state index in [1.165, 1.54) is 0 Å². The highest BCUT2D eigenvalue weighted by molar-refractivity contribution is 6.31. The van der Waals surface area contributed by atoms with Gasteiger partial charge in [0.2, 0.25) is 0 Å². The largest absolute Gasteiger partial charge is 0.497 e. The summed E-state index contributed by atoms with van der Waals surface area (Å²) in [6.07, 6.45) is 0. The number of aromatic nitrogens is 3. The van der Waals surface area contributed by atoms with Gasteiger partial charge in [0.25, 0.3) is 5.56 Å². The summed E-state index contributed by atoms with van der Waals surface area (Å²) in [6, 6.07) is 15.1. The summed E-state index contributed by atoms with van der Waals surface area (Å²) in [5, 5.41) is 12.4. The Morgan fingerprint density at radius 2 is 1.93 bits per heavy atom. The second kappa shape index (κ2) is 8.69. The molecule has 0 saturated carbocycles. The number of ether oxygens (including phenoxy) is 1. The van der Waals surface area contributed by atoms with Crippen molar-refractivity contribution in [3.05, 3.63) is 86.4 Å². The van der Waals surface area contributed by atoms with Crippen molar-refractivity contribution in [2.24, 2.45) is 0 Å². The predicted octanol–water partition coefficient (Wildman–Crippen LogP) is 3.69. The highest BCUT2D eigenvalue weighted by atomic mass is 35.5. The highest BCUT2D eigenvalue weighted by Crippen LogP contribution is 2.23. The summed E-state index contributed by atoms with van der Waals surface area (Å²) in [5.41, 5.74) is 3.67. The van der Waals surface area contributed by atoms with Gasteiger partial charge in [-0.25, -0.2) is 4.63 Å². The molecule has 154 valence electrons. The molecular weight excluding hydrogens is 404 g/mol. The standard InChI is InChI=1S/C22H21ClN4O3/c1-14-20(26-30-25-14)12-24-11-17-9-15-7-8-18(29-2)10-21(15)27(22(17)28)13-16-5-3-4-6-19(16)23/h3-10,24H,11-13H2,1-2H3. The van der Waals surface area contributed by atoms with Crippen molar-refractivity contribution < 1.29 is 9.37 Å². The number of nitrogens with one attached hydrogen (secondary N) is 1. The molecule has 0 fully saturated rings. The summed E-state index contributed by atoms with van der Waals surface area (Å²) in [4.78, 5) is 13.4. The quantitative estimate of drug-likeness (QED) is 0.487. The molecule has 2 heterocycles. The molecule has 0 atom stereocenters. The molecule has 0 spiro atoms. The van der Waals surface area contributed by atoms with Crippen LogP contribution in [0.2, 0.25) is 5.02 Å². The van der Waals surface area contributed by atoms with Crippen LogP contribution in [0.4, 0.5) is 0 Å². The Labute approximate surface area is 178 Å². The van der Waals surface area contributed by atoms with Gasteiger partial charge in [-0.3, -0.25) is 4.79 Å². The zero-order chi connectivity index (χ0) is 21.1. The minimum absolute atomic E-state index is 0.0850. The van der Waals surface area contributed by atoms with E-state index < -0.39 is 0 Å². The van der Waals surface area contributed by atoms with Crippen LogP contribution >= 0.6 is 11.6 Å². The van der Waals surface area contributed by atoms with E-state index in [4.69, 9.17) is 21.0 Å². The number of methoxy groups -OCH3 is 1. The zero-order valence-corrected chi connectivity index (χ0v) is 17.4. The van der Waals surface area contributed by atoms with E-state index in [9.17, 15) is 4.79 Å². The SMILES string of the molecule is COc1ccc2cc(CNCc3nonc3C)c(=O)n(Cc3ccccc3Cl)c2c1. The number of pyridine rings is 1. The average Bonchev–Trinajstić information content (AvgIpc) is 3.16. The van der Waals surface area contributed by atoms with Crippen molar-refractivity contribution in [2.45, 2.75) is 26.6 Å². The maximum absolute atomic E-state index is 13.4. The summed E-state index contributed by atoms with van der Waals surface area (Å²) in [6.45, 7) is 3.03. The summed E-state index contributed by atoms with van der Waals surface area (Å²) >= 11 is 6.36. The lowest BCUT2D eigenvalue weighted by molar-refractivity contribution is 0.300. The monoisotopic (exact) mass is 424 g/mol. The van der Waals surface area contributed by atoms with Crippen LogP contribution in [0.3, 0.4) is 0 Å². The third-order valence-electron chi connectivity index (χ3n) is 5.02. The topological polar surface area (TPSA) is 82.2 Å². The molecule has 8 heteroatoms. The number of hydrogen-bond acceptors (Lipinski definition) is 6. The third kappa shape index (κ3) is 4.08. The molecular formula is C22H21ClN4O3. The number of halogens is 1. The number of hydrogen-bond donors (Lipinski definition) is 1. The number of rotatable bonds is 7. The fraction of sp³-hybridized carbons (Fsp3) is 0.227. The lowest BCUT2D eigenvalue weighted by Crippen LogP contribution is -2.28. The molecule has 4 aromatic rings. The van der Waals surface area contributed by atoms with Crippen LogP contribution in [-0.2, 0) is 19.6 Å². The molecule has 0 amide bonds. The maximum atomic E-state index is 13.4. The molecule has 2 aromatic heterocycles. The van der Waals surface area contributed by atoms with E-state index in [-0.39, 0.29) is 5.56 Å². The molecule has 0 aliphatic heterocycles. The number of nitrogens with zero attached hydrogens (tertiary/aromatic N) is 3. The summed E-state index contributed by atoms with van der Waals surface area (Å²) in [5.74, 6) is 0.690. The maximum Gasteiger partial charge on any atom is 0.255 e. The first-order valence-electron chi connectivity index (χ1n) is 9.49. The van der Waals surface area contributed by atoms with Crippen molar-refractivity contribution in [2.75, 3.05) is 7.11 Å².